The molecule has 146 valence electrons. The molecule has 1 aliphatic heterocycles. The molecule has 0 saturated carbocycles. The van der Waals surface area contributed by atoms with Crippen molar-refractivity contribution in [1.82, 2.24) is 10.0 Å². The van der Waals surface area contributed by atoms with Crippen LogP contribution >= 0.6 is 0 Å². The van der Waals surface area contributed by atoms with Gasteiger partial charge in [0, 0.05) is 19.2 Å². The minimum atomic E-state index is -3.91. The molecule has 1 aliphatic rings. The molecule has 26 heavy (non-hydrogen) atoms. The van der Waals surface area contributed by atoms with Crippen molar-refractivity contribution in [3.63, 3.8) is 0 Å². The van der Waals surface area contributed by atoms with Crippen molar-refractivity contribution in [3.8, 4) is 11.5 Å². The lowest BCUT2D eigenvalue weighted by Gasteiger charge is -2.24. The minimum absolute atomic E-state index is 0.0186. The summed E-state index contributed by atoms with van der Waals surface area (Å²) >= 11 is 0. The zero-order chi connectivity index (χ0) is 19.3. The van der Waals surface area contributed by atoms with Crippen molar-refractivity contribution >= 4 is 15.9 Å². The van der Waals surface area contributed by atoms with Crippen LogP contribution in [0.3, 0.4) is 0 Å². The first-order valence-corrected chi connectivity index (χ1v) is 9.94. The topological polar surface area (TPSA) is 103 Å². The first kappa shape index (κ1) is 20.5. The molecular weight excluding hydrogens is 360 g/mol. The van der Waals surface area contributed by atoms with E-state index in [2.05, 4.69) is 10.0 Å². The summed E-state index contributed by atoms with van der Waals surface area (Å²) in [4.78, 5) is 12.5. The van der Waals surface area contributed by atoms with Gasteiger partial charge in [-0.3, -0.25) is 4.79 Å². The number of carbonyl (C=O) groups is 1. The van der Waals surface area contributed by atoms with Gasteiger partial charge in [0.25, 0.3) is 0 Å². The zero-order valence-corrected chi connectivity index (χ0v) is 16.3. The number of methoxy groups -OCH3 is 1. The van der Waals surface area contributed by atoms with Crippen molar-refractivity contribution in [2.45, 2.75) is 37.8 Å². The van der Waals surface area contributed by atoms with Crippen molar-refractivity contribution in [1.29, 1.82) is 0 Å². The summed E-state index contributed by atoms with van der Waals surface area (Å²) in [7, 11) is -2.37. The van der Waals surface area contributed by atoms with E-state index in [-0.39, 0.29) is 16.9 Å². The highest BCUT2D eigenvalue weighted by Crippen LogP contribution is 2.32. The number of ether oxygens (including phenoxy) is 3. The maximum Gasteiger partial charge on any atom is 0.241 e. The number of hydrogen-bond donors (Lipinski definition) is 2. The van der Waals surface area contributed by atoms with E-state index in [4.69, 9.17) is 14.2 Å². The van der Waals surface area contributed by atoms with Crippen molar-refractivity contribution in [3.05, 3.63) is 18.2 Å². The van der Waals surface area contributed by atoms with Gasteiger partial charge in [0.05, 0.1) is 11.5 Å². The molecule has 0 spiro atoms. The zero-order valence-electron chi connectivity index (χ0n) is 15.4. The summed E-state index contributed by atoms with van der Waals surface area (Å²) in [6.45, 7) is 6.46. The van der Waals surface area contributed by atoms with Crippen LogP contribution in [0.5, 0.6) is 11.5 Å². The van der Waals surface area contributed by atoms with Gasteiger partial charge in [0.2, 0.25) is 15.9 Å². The third kappa shape index (κ3) is 5.09. The normalized spacial score (nSPS) is 16.2. The van der Waals surface area contributed by atoms with Crippen LogP contribution in [0.25, 0.3) is 0 Å². The van der Waals surface area contributed by atoms with E-state index in [1.165, 1.54) is 19.2 Å². The molecule has 0 aliphatic carbocycles. The number of nitrogens with one attached hydrogen (secondary N) is 2. The van der Waals surface area contributed by atoms with Gasteiger partial charge in [0.15, 0.2) is 11.5 Å². The van der Waals surface area contributed by atoms with E-state index in [1.54, 1.807) is 26.8 Å². The lowest BCUT2D eigenvalue weighted by atomic mass is 10.0. The lowest BCUT2D eigenvalue weighted by Crippen LogP contribution is -2.52. The number of rotatable bonds is 8. The smallest absolute Gasteiger partial charge is 0.241 e. The molecule has 1 aromatic rings. The monoisotopic (exact) mass is 386 g/mol. The van der Waals surface area contributed by atoms with E-state index in [9.17, 15) is 13.2 Å². The highest BCUT2D eigenvalue weighted by molar-refractivity contribution is 7.89. The number of amides is 1. The molecule has 0 fully saturated rings. The number of fused-ring (bicyclic) bond motifs is 1. The van der Waals surface area contributed by atoms with Crippen molar-refractivity contribution < 1.29 is 27.4 Å². The average Bonchev–Trinajstić information content (AvgIpc) is 2.59. The molecule has 1 aromatic carbocycles. The number of hydrogen-bond acceptors (Lipinski definition) is 6. The highest BCUT2D eigenvalue weighted by Gasteiger charge is 2.30. The van der Waals surface area contributed by atoms with Crippen LogP contribution in [-0.2, 0) is 19.6 Å². The Hall–Kier alpha value is -1.84. The van der Waals surface area contributed by atoms with Crippen LogP contribution in [-0.4, -0.2) is 53.3 Å². The Bertz CT molecular complexity index is 735. The maximum absolute atomic E-state index is 12.7. The minimum Gasteiger partial charge on any atom is -0.486 e. The quantitative estimate of drug-likeness (QED) is 0.688. The second-order valence-electron chi connectivity index (χ2n) is 6.51. The second-order valence-corrected chi connectivity index (χ2v) is 8.23. The molecule has 0 bridgehead atoms. The Labute approximate surface area is 154 Å². The molecule has 2 rings (SSSR count). The van der Waals surface area contributed by atoms with Gasteiger partial charge >= 0.3 is 0 Å². The van der Waals surface area contributed by atoms with E-state index in [0.717, 1.165) is 0 Å². The molecule has 9 heteroatoms. The van der Waals surface area contributed by atoms with Crippen LogP contribution in [0.15, 0.2) is 23.1 Å². The third-order valence-electron chi connectivity index (χ3n) is 3.86. The molecule has 0 radical (unpaired) electrons. The molecule has 8 nitrogen and oxygen atoms in total. The summed E-state index contributed by atoms with van der Waals surface area (Å²) in [6, 6.07) is 3.24. The molecule has 2 atom stereocenters. The SMILES string of the molecule is COC[C@H](C)NC(=O)[C@H](NS(=O)(=O)c1ccc2c(c1)OCCO2)C(C)C. The Kier molecular flexibility index (Phi) is 6.85. The van der Waals surface area contributed by atoms with Gasteiger partial charge in [-0.15, -0.1) is 0 Å². The summed E-state index contributed by atoms with van der Waals surface area (Å²) in [5, 5.41) is 2.75. The Balaban J connectivity index is 2.17. The van der Waals surface area contributed by atoms with E-state index in [0.29, 0.717) is 31.3 Å². The van der Waals surface area contributed by atoms with Crippen molar-refractivity contribution in [2.75, 3.05) is 26.9 Å². The molecular formula is C17H26N2O6S. The molecule has 0 unspecified atom stereocenters. The van der Waals surface area contributed by atoms with E-state index >= 15 is 0 Å². The highest BCUT2D eigenvalue weighted by atomic mass is 32.2. The Morgan fingerprint density at radius 1 is 1.19 bits per heavy atom. The average molecular weight is 386 g/mol. The predicted octanol–water partition coefficient (Wildman–Crippen LogP) is 0.912. The van der Waals surface area contributed by atoms with Gasteiger partial charge in [-0.2, -0.15) is 4.72 Å². The number of carbonyl (C=O) groups excluding carboxylic acids is 1. The fourth-order valence-corrected chi connectivity index (χ4v) is 3.90. The third-order valence-corrected chi connectivity index (χ3v) is 5.30. The van der Waals surface area contributed by atoms with Gasteiger partial charge in [-0.05, 0) is 25.0 Å². The van der Waals surface area contributed by atoms with Crippen molar-refractivity contribution in [2.24, 2.45) is 5.92 Å². The lowest BCUT2D eigenvalue weighted by molar-refractivity contribution is -0.124. The number of sulfonamides is 1. The molecule has 1 heterocycles. The Morgan fingerprint density at radius 3 is 2.46 bits per heavy atom. The van der Waals surface area contributed by atoms with Crippen LogP contribution < -0.4 is 19.5 Å². The molecule has 2 N–H and O–H groups in total. The van der Waals surface area contributed by atoms with Gasteiger partial charge < -0.3 is 19.5 Å². The fraction of sp³-hybridized carbons (Fsp3) is 0.588. The molecule has 1 amide bonds. The van der Waals surface area contributed by atoms with Gasteiger partial charge in [-0.25, -0.2) is 8.42 Å². The molecule has 0 aromatic heterocycles. The van der Waals surface area contributed by atoms with Gasteiger partial charge in [0.1, 0.15) is 19.3 Å². The fourth-order valence-electron chi connectivity index (χ4n) is 2.54. The van der Waals surface area contributed by atoms with E-state index < -0.39 is 22.0 Å². The van der Waals surface area contributed by atoms with E-state index in [1.807, 2.05) is 0 Å². The maximum atomic E-state index is 12.7. The summed E-state index contributed by atoms with van der Waals surface area (Å²) in [5.74, 6) is 0.238. The van der Waals surface area contributed by atoms with Crippen LogP contribution in [0.1, 0.15) is 20.8 Å². The summed E-state index contributed by atoms with van der Waals surface area (Å²) in [5.41, 5.74) is 0. The predicted molar refractivity (Wildman–Crippen MR) is 95.9 cm³/mol. The Morgan fingerprint density at radius 2 is 1.85 bits per heavy atom. The van der Waals surface area contributed by atoms with Crippen LogP contribution in [0.2, 0.25) is 0 Å². The second kappa shape index (κ2) is 8.70. The van der Waals surface area contributed by atoms with Gasteiger partial charge in [-0.1, -0.05) is 13.8 Å². The first-order chi connectivity index (χ1) is 12.2. The van der Waals surface area contributed by atoms with Crippen LogP contribution in [0, 0.1) is 5.92 Å². The van der Waals surface area contributed by atoms with Crippen LogP contribution in [0.4, 0.5) is 0 Å². The summed E-state index contributed by atoms with van der Waals surface area (Å²) < 4.78 is 43.8. The molecule has 0 saturated heterocycles. The number of benzene rings is 1. The summed E-state index contributed by atoms with van der Waals surface area (Å²) in [6.07, 6.45) is 0. The standard InChI is InChI=1S/C17H26N2O6S/c1-11(2)16(17(20)18-12(3)10-23-4)19-26(21,22)13-5-6-14-15(9-13)25-8-7-24-14/h5-6,9,11-12,16,19H,7-8,10H2,1-4H3,(H,18,20)/t12-,16+/m0/s1. The first-order valence-electron chi connectivity index (χ1n) is 8.46. The largest absolute Gasteiger partial charge is 0.486 e.